The number of hydrogen-bond acceptors (Lipinski definition) is 10. The summed E-state index contributed by atoms with van der Waals surface area (Å²) in [5, 5.41) is 13.3. The molecule has 0 saturated carbocycles. The molecule has 1 atom stereocenters. The number of carbonyl (C=O) groups excluding carboxylic acids is 1. The summed E-state index contributed by atoms with van der Waals surface area (Å²) in [6.45, 7) is 4.71. The topological polar surface area (TPSA) is 98.1 Å². The first-order chi connectivity index (χ1) is 15.5. The standard InChI is InChI=1S/C21H23N5O3S3/c1-11-12(2)31-19-17(11)18(27)23-16(24-19)10-30-21-26-25-20(32-21)22-8-7-13-5-6-14(28-3)15(9-13)29-4/h5-6,9,17H,7-8,10H2,1-4H3,(H,22,25). The first-order valence-corrected chi connectivity index (χ1v) is 12.6. The van der Waals surface area contributed by atoms with E-state index in [4.69, 9.17) is 9.47 Å². The van der Waals surface area contributed by atoms with Gasteiger partial charge >= 0.3 is 0 Å². The zero-order valence-corrected chi connectivity index (χ0v) is 20.6. The summed E-state index contributed by atoms with van der Waals surface area (Å²) < 4.78 is 11.4. The Bertz CT molecular complexity index is 1130. The highest BCUT2D eigenvalue weighted by molar-refractivity contribution is 8.17. The van der Waals surface area contributed by atoms with E-state index in [0.29, 0.717) is 23.9 Å². The van der Waals surface area contributed by atoms with Crippen LogP contribution in [0.2, 0.25) is 0 Å². The van der Waals surface area contributed by atoms with E-state index in [1.807, 2.05) is 32.0 Å². The maximum atomic E-state index is 12.4. The van der Waals surface area contributed by atoms with Crippen LogP contribution in [-0.2, 0) is 11.2 Å². The van der Waals surface area contributed by atoms with Crippen molar-refractivity contribution in [3.8, 4) is 11.5 Å². The first-order valence-electron chi connectivity index (χ1n) is 9.94. The second-order valence-electron chi connectivity index (χ2n) is 7.12. The molecule has 3 heterocycles. The van der Waals surface area contributed by atoms with Gasteiger partial charge in [-0.2, -0.15) is 4.99 Å². The number of amidine groups is 1. The van der Waals surface area contributed by atoms with Crippen LogP contribution in [0.15, 0.2) is 43.0 Å². The number of nitrogens with zero attached hydrogens (tertiary/aromatic N) is 4. The van der Waals surface area contributed by atoms with E-state index in [1.54, 1.807) is 26.0 Å². The number of thioether (sulfide) groups is 2. The van der Waals surface area contributed by atoms with Crippen LogP contribution in [0.5, 0.6) is 11.5 Å². The molecule has 11 heteroatoms. The Labute approximate surface area is 199 Å². The summed E-state index contributed by atoms with van der Waals surface area (Å²) in [4.78, 5) is 22.3. The molecule has 1 amide bonds. The molecule has 0 aliphatic carbocycles. The largest absolute Gasteiger partial charge is 0.493 e. The summed E-state index contributed by atoms with van der Waals surface area (Å²) in [6, 6.07) is 5.89. The smallest absolute Gasteiger partial charge is 0.261 e. The van der Waals surface area contributed by atoms with Crippen molar-refractivity contribution in [3.05, 3.63) is 34.2 Å². The minimum absolute atomic E-state index is 0.123. The van der Waals surface area contributed by atoms with Gasteiger partial charge in [-0.05, 0) is 48.4 Å². The minimum Gasteiger partial charge on any atom is -0.493 e. The number of nitrogens with one attached hydrogen (secondary N) is 1. The third-order valence-corrected chi connectivity index (χ3v) is 8.26. The van der Waals surface area contributed by atoms with Crippen molar-refractivity contribution in [1.29, 1.82) is 0 Å². The van der Waals surface area contributed by atoms with Crippen LogP contribution in [0, 0.1) is 5.92 Å². The summed E-state index contributed by atoms with van der Waals surface area (Å²) >= 11 is 4.53. The summed E-state index contributed by atoms with van der Waals surface area (Å²) in [6.07, 6.45) is 0.810. The molecule has 0 bridgehead atoms. The van der Waals surface area contributed by atoms with E-state index in [2.05, 4.69) is 25.5 Å². The molecule has 0 radical (unpaired) electrons. The average molecular weight is 490 g/mol. The molecule has 4 rings (SSSR count). The minimum atomic E-state index is -0.281. The van der Waals surface area contributed by atoms with Gasteiger partial charge in [0.1, 0.15) is 11.8 Å². The number of amides is 1. The van der Waals surface area contributed by atoms with Crippen molar-refractivity contribution in [3.63, 3.8) is 0 Å². The first kappa shape index (κ1) is 22.8. The quantitative estimate of drug-likeness (QED) is 0.521. The van der Waals surface area contributed by atoms with Gasteiger partial charge in [-0.25, -0.2) is 4.99 Å². The number of anilines is 1. The summed E-state index contributed by atoms with van der Waals surface area (Å²) in [5.41, 5.74) is 2.19. The molecule has 0 fully saturated rings. The van der Waals surface area contributed by atoms with E-state index >= 15 is 0 Å². The molecule has 1 aromatic heterocycles. The van der Waals surface area contributed by atoms with Crippen LogP contribution >= 0.6 is 34.9 Å². The summed E-state index contributed by atoms with van der Waals surface area (Å²) in [7, 11) is 3.25. The predicted molar refractivity (Wildman–Crippen MR) is 132 cm³/mol. The van der Waals surface area contributed by atoms with Crippen LogP contribution in [-0.4, -0.2) is 53.5 Å². The van der Waals surface area contributed by atoms with Crippen LogP contribution in [0.1, 0.15) is 19.4 Å². The van der Waals surface area contributed by atoms with Gasteiger partial charge in [0.25, 0.3) is 5.91 Å². The Hall–Kier alpha value is -2.37. The Morgan fingerprint density at radius 2 is 1.94 bits per heavy atom. The number of hydrogen-bond donors (Lipinski definition) is 1. The number of aromatic nitrogens is 2. The van der Waals surface area contributed by atoms with Gasteiger partial charge in [-0.3, -0.25) is 4.79 Å². The van der Waals surface area contributed by atoms with E-state index < -0.39 is 0 Å². The SMILES string of the molecule is COc1ccc(CCNc2nnc(SCC3=NC(=O)C4C(=N3)SC(C)=C4C)s2)cc1OC. The molecular formula is C21H23N5O3S3. The molecule has 0 spiro atoms. The Balaban J connectivity index is 1.27. The highest BCUT2D eigenvalue weighted by Gasteiger charge is 2.36. The van der Waals surface area contributed by atoms with E-state index in [0.717, 1.165) is 42.7 Å². The lowest BCUT2D eigenvalue weighted by Crippen LogP contribution is -2.25. The average Bonchev–Trinajstić information content (AvgIpc) is 3.36. The third-order valence-electron chi connectivity index (χ3n) is 5.09. The molecule has 32 heavy (non-hydrogen) atoms. The monoisotopic (exact) mass is 489 g/mol. The van der Waals surface area contributed by atoms with Crippen LogP contribution in [0.25, 0.3) is 0 Å². The maximum absolute atomic E-state index is 12.4. The van der Waals surface area contributed by atoms with Crippen molar-refractivity contribution < 1.29 is 14.3 Å². The molecule has 168 valence electrons. The summed E-state index contributed by atoms with van der Waals surface area (Å²) in [5.74, 6) is 2.06. The van der Waals surface area contributed by atoms with Crippen molar-refractivity contribution in [2.75, 3.05) is 31.8 Å². The zero-order valence-electron chi connectivity index (χ0n) is 18.2. The molecule has 0 saturated heterocycles. The Kier molecular flexibility index (Phi) is 7.17. The second kappa shape index (κ2) is 10.1. The maximum Gasteiger partial charge on any atom is 0.261 e. The molecule has 2 aliphatic heterocycles. The fourth-order valence-corrected chi connectivity index (χ4v) is 6.06. The Morgan fingerprint density at radius 3 is 2.72 bits per heavy atom. The van der Waals surface area contributed by atoms with Gasteiger partial charge < -0.3 is 14.8 Å². The Morgan fingerprint density at radius 1 is 1.12 bits per heavy atom. The van der Waals surface area contributed by atoms with Gasteiger partial charge in [0, 0.05) is 6.54 Å². The molecule has 8 nitrogen and oxygen atoms in total. The highest BCUT2D eigenvalue weighted by atomic mass is 32.2. The number of rotatable bonds is 9. The van der Waals surface area contributed by atoms with Crippen LogP contribution in [0.3, 0.4) is 0 Å². The fourth-order valence-electron chi connectivity index (χ4n) is 3.29. The van der Waals surface area contributed by atoms with Crippen molar-refractivity contribution in [2.24, 2.45) is 15.9 Å². The lowest BCUT2D eigenvalue weighted by atomic mass is 10.0. The van der Waals surface area contributed by atoms with Crippen LogP contribution in [0.4, 0.5) is 5.13 Å². The molecule has 2 aliphatic rings. The fraction of sp³-hybridized carbons (Fsp3) is 0.381. The van der Waals surface area contributed by atoms with Gasteiger partial charge in [0.05, 0.1) is 25.0 Å². The van der Waals surface area contributed by atoms with Crippen molar-refractivity contribution in [2.45, 2.75) is 24.6 Å². The normalized spacial score (nSPS) is 17.8. The molecule has 1 aromatic carbocycles. The lowest BCUT2D eigenvalue weighted by molar-refractivity contribution is -0.118. The number of fused-ring (bicyclic) bond motifs is 1. The highest BCUT2D eigenvalue weighted by Crippen LogP contribution is 2.40. The van der Waals surface area contributed by atoms with Gasteiger partial charge in [-0.15, -0.1) is 10.2 Å². The third kappa shape index (κ3) is 5.00. The van der Waals surface area contributed by atoms with Crippen LogP contribution < -0.4 is 14.8 Å². The number of carbonyl (C=O) groups is 1. The zero-order chi connectivity index (χ0) is 22.7. The van der Waals surface area contributed by atoms with Gasteiger partial charge in [0.2, 0.25) is 5.13 Å². The van der Waals surface area contributed by atoms with Gasteiger partial charge in [-0.1, -0.05) is 40.9 Å². The van der Waals surface area contributed by atoms with Crippen molar-refractivity contribution in [1.82, 2.24) is 10.2 Å². The van der Waals surface area contributed by atoms with E-state index in [-0.39, 0.29) is 11.8 Å². The number of methoxy groups -OCH3 is 2. The number of ether oxygens (including phenoxy) is 2. The van der Waals surface area contributed by atoms with Crippen molar-refractivity contribution >= 4 is 56.8 Å². The second-order valence-corrected chi connectivity index (χ2v) is 10.6. The molecular weight excluding hydrogens is 466 g/mol. The number of aliphatic imine (C=N–C) groups is 2. The number of benzene rings is 1. The van der Waals surface area contributed by atoms with E-state index in [9.17, 15) is 4.79 Å². The van der Waals surface area contributed by atoms with E-state index in [1.165, 1.54) is 23.1 Å². The lowest BCUT2D eigenvalue weighted by Gasteiger charge is -2.14. The molecule has 1 unspecified atom stereocenters. The molecule has 2 aromatic rings. The predicted octanol–water partition coefficient (Wildman–Crippen LogP) is 4.30. The number of allylic oxidation sites excluding steroid dienone is 1. The molecule has 1 N–H and O–H groups in total. The van der Waals surface area contributed by atoms with Gasteiger partial charge in [0.15, 0.2) is 15.8 Å².